The van der Waals surface area contributed by atoms with Gasteiger partial charge in [0.05, 0.1) is 12.0 Å². The highest BCUT2D eigenvalue weighted by Gasteiger charge is 2.54. The monoisotopic (exact) mass is 356 g/mol. The van der Waals surface area contributed by atoms with Crippen molar-refractivity contribution in [3.8, 4) is 0 Å². The Morgan fingerprint density at radius 2 is 2.27 bits per heavy atom. The molecule has 1 amide bonds. The molecule has 0 unspecified atom stereocenters. The second-order valence-electron chi connectivity index (χ2n) is 7.57. The Bertz CT molecular complexity index is 859. The van der Waals surface area contributed by atoms with Gasteiger partial charge < -0.3 is 19.7 Å². The molecule has 3 heterocycles. The first kappa shape index (κ1) is 17.1. The first-order valence-corrected chi connectivity index (χ1v) is 9.16. The maximum absolute atomic E-state index is 12.7. The van der Waals surface area contributed by atoms with Gasteiger partial charge in [-0.3, -0.25) is 9.59 Å². The molecular weight excluding hydrogens is 332 g/mol. The van der Waals surface area contributed by atoms with E-state index in [0.29, 0.717) is 45.6 Å². The number of carboxylic acid groups (broad SMARTS) is 1. The van der Waals surface area contributed by atoms with Crippen molar-refractivity contribution in [1.29, 1.82) is 0 Å². The number of rotatable bonds is 4. The number of aryl methyl sites for hydroxylation is 2. The largest absolute Gasteiger partial charge is 0.481 e. The Kier molecular flexibility index (Phi) is 4.23. The van der Waals surface area contributed by atoms with Crippen LogP contribution in [-0.4, -0.2) is 53.2 Å². The average Bonchev–Trinajstić information content (AvgIpc) is 3.23. The SMILES string of the molecule is Cc1cccc2c(CCC(=O)N3C[C@H]4COCC[C@@]4(C(=O)O)C3)c[nH]c12. The number of hydrogen-bond acceptors (Lipinski definition) is 3. The molecule has 0 saturated carbocycles. The highest BCUT2D eigenvalue weighted by molar-refractivity contribution is 5.87. The van der Waals surface area contributed by atoms with E-state index in [-0.39, 0.29) is 11.8 Å². The molecule has 2 aliphatic rings. The second-order valence-corrected chi connectivity index (χ2v) is 7.57. The summed E-state index contributed by atoms with van der Waals surface area (Å²) in [6.45, 7) is 3.74. The Morgan fingerprint density at radius 1 is 1.42 bits per heavy atom. The van der Waals surface area contributed by atoms with Crippen molar-refractivity contribution in [1.82, 2.24) is 9.88 Å². The fourth-order valence-electron chi connectivity index (χ4n) is 4.46. The van der Waals surface area contributed by atoms with E-state index < -0.39 is 11.4 Å². The van der Waals surface area contributed by atoms with Crippen molar-refractivity contribution in [2.45, 2.75) is 26.2 Å². The van der Waals surface area contributed by atoms with E-state index in [4.69, 9.17) is 4.74 Å². The van der Waals surface area contributed by atoms with E-state index in [2.05, 4.69) is 24.0 Å². The molecule has 26 heavy (non-hydrogen) atoms. The number of para-hydroxylation sites is 1. The lowest BCUT2D eigenvalue weighted by Crippen LogP contribution is -2.45. The summed E-state index contributed by atoms with van der Waals surface area (Å²) in [6, 6.07) is 6.16. The predicted molar refractivity (Wildman–Crippen MR) is 96.9 cm³/mol. The van der Waals surface area contributed by atoms with Gasteiger partial charge in [0, 0.05) is 49.1 Å². The molecule has 2 aliphatic heterocycles. The fraction of sp³-hybridized carbons (Fsp3) is 0.500. The van der Waals surface area contributed by atoms with Crippen LogP contribution < -0.4 is 0 Å². The highest BCUT2D eigenvalue weighted by atomic mass is 16.5. The van der Waals surface area contributed by atoms with Gasteiger partial charge in [0.15, 0.2) is 0 Å². The number of benzene rings is 1. The van der Waals surface area contributed by atoms with Gasteiger partial charge in [0.25, 0.3) is 0 Å². The fourth-order valence-corrected chi connectivity index (χ4v) is 4.46. The van der Waals surface area contributed by atoms with E-state index in [1.807, 2.05) is 12.3 Å². The first-order chi connectivity index (χ1) is 12.5. The number of likely N-dealkylation sites (tertiary alicyclic amines) is 1. The third-order valence-corrected chi connectivity index (χ3v) is 6.10. The normalized spacial score (nSPS) is 25.4. The number of ether oxygens (including phenoxy) is 1. The third kappa shape index (κ3) is 2.69. The number of aliphatic carboxylic acids is 1. The minimum atomic E-state index is -0.828. The van der Waals surface area contributed by atoms with Crippen molar-refractivity contribution < 1.29 is 19.4 Å². The summed E-state index contributed by atoms with van der Waals surface area (Å²) in [6.07, 6.45) is 3.50. The van der Waals surface area contributed by atoms with Crippen LogP contribution in [0.15, 0.2) is 24.4 Å². The molecule has 6 heteroatoms. The molecule has 1 aromatic heterocycles. The van der Waals surface area contributed by atoms with E-state index in [9.17, 15) is 14.7 Å². The van der Waals surface area contributed by atoms with Gasteiger partial charge in [-0.15, -0.1) is 0 Å². The van der Waals surface area contributed by atoms with Gasteiger partial charge in [0.2, 0.25) is 5.91 Å². The lowest BCUT2D eigenvalue weighted by molar-refractivity contribution is -0.157. The van der Waals surface area contributed by atoms with Crippen LogP contribution in [-0.2, 0) is 20.7 Å². The van der Waals surface area contributed by atoms with Crippen LogP contribution in [0.5, 0.6) is 0 Å². The van der Waals surface area contributed by atoms with Crippen LogP contribution in [0, 0.1) is 18.3 Å². The summed E-state index contributed by atoms with van der Waals surface area (Å²) < 4.78 is 5.46. The van der Waals surface area contributed by atoms with Crippen LogP contribution in [0.1, 0.15) is 24.0 Å². The Balaban J connectivity index is 1.45. The number of fused-ring (bicyclic) bond motifs is 2. The van der Waals surface area contributed by atoms with Crippen LogP contribution in [0.25, 0.3) is 10.9 Å². The molecule has 0 bridgehead atoms. The molecule has 6 nitrogen and oxygen atoms in total. The minimum absolute atomic E-state index is 0.0297. The summed E-state index contributed by atoms with van der Waals surface area (Å²) in [7, 11) is 0. The van der Waals surface area contributed by atoms with Crippen LogP contribution in [0.3, 0.4) is 0 Å². The van der Waals surface area contributed by atoms with Crippen molar-refractivity contribution in [2.24, 2.45) is 11.3 Å². The topological polar surface area (TPSA) is 82.6 Å². The summed E-state index contributed by atoms with van der Waals surface area (Å²) in [5, 5.41) is 10.9. The number of nitrogens with one attached hydrogen (secondary N) is 1. The number of nitrogens with zero attached hydrogens (tertiary/aromatic N) is 1. The van der Waals surface area contributed by atoms with Crippen molar-refractivity contribution in [3.63, 3.8) is 0 Å². The smallest absolute Gasteiger partial charge is 0.311 e. The number of aromatic amines is 1. The highest BCUT2D eigenvalue weighted by Crippen LogP contribution is 2.42. The summed E-state index contributed by atoms with van der Waals surface area (Å²) in [5.41, 5.74) is 2.60. The number of carboxylic acids is 1. The Hall–Kier alpha value is -2.34. The first-order valence-electron chi connectivity index (χ1n) is 9.16. The molecular formula is C20H24N2O4. The number of amides is 1. The number of H-pyrrole nitrogens is 1. The molecule has 4 rings (SSSR count). The van der Waals surface area contributed by atoms with Gasteiger partial charge in [-0.05, 0) is 30.9 Å². The van der Waals surface area contributed by atoms with E-state index >= 15 is 0 Å². The van der Waals surface area contributed by atoms with Gasteiger partial charge in [-0.2, -0.15) is 0 Å². The zero-order valence-electron chi connectivity index (χ0n) is 15.0. The van der Waals surface area contributed by atoms with Gasteiger partial charge >= 0.3 is 5.97 Å². The summed E-state index contributed by atoms with van der Waals surface area (Å²) in [4.78, 5) is 29.6. The molecule has 2 saturated heterocycles. The molecule has 0 radical (unpaired) electrons. The van der Waals surface area contributed by atoms with Crippen LogP contribution in [0.4, 0.5) is 0 Å². The van der Waals surface area contributed by atoms with Gasteiger partial charge in [0.1, 0.15) is 0 Å². The predicted octanol–water partition coefficient (Wildman–Crippen LogP) is 2.36. The molecule has 2 aromatic rings. The van der Waals surface area contributed by atoms with E-state index in [1.54, 1.807) is 4.90 Å². The molecule has 2 N–H and O–H groups in total. The van der Waals surface area contributed by atoms with Gasteiger partial charge in [-0.25, -0.2) is 0 Å². The van der Waals surface area contributed by atoms with Crippen molar-refractivity contribution in [2.75, 3.05) is 26.3 Å². The van der Waals surface area contributed by atoms with Crippen LogP contribution in [0.2, 0.25) is 0 Å². The maximum Gasteiger partial charge on any atom is 0.311 e. The number of hydrogen-bond donors (Lipinski definition) is 2. The molecule has 0 spiro atoms. The zero-order valence-corrected chi connectivity index (χ0v) is 15.0. The van der Waals surface area contributed by atoms with Crippen LogP contribution >= 0.6 is 0 Å². The standard InChI is InChI=1S/C20H24N2O4/c1-13-3-2-4-16-14(9-21-18(13)16)5-6-17(23)22-10-15-11-26-8-7-20(15,12-22)19(24)25/h2-4,9,15,21H,5-8,10-12H2,1H3,(H,24,25)/t15-,20+/m0/s1. The molecule has 0 aliphatic carbocycles. The van der Waals surface area contributed by atoms with E-state index in [1.165, 1.54) is 5.56 Å². The third-order valence-electron chi connectivity index (χ3n) is 6.10. The van der Waals surface area contributed by atoms with Crippen molar-refractivity contribution in [3.05, 3.63) is 35.5 Å². The molecule has 1 aromatic carbocycles. The molecule has 2 atom stereocenters. The van der Waals surface area contributed by atoms with Crippen molar-refractivity contribution >= 4 is 22.8 Å². The van der Waals surface area contributed by atoms with E-state index in [0.717, 1.165) is 16.5 Å². The minimum Gasteiger partial charge on any atom is -0.481 e. The lowest BCUT2D eigenvalue weighted by atomic mass is 9.74. The Labute approximate surface area is 152 Å². The quantitative estimate of drug-likeness (QED) is 0.881. The summed E-state index contributed by atoms with van der Waals surface area (Å²) >= 11 is 0. The lowest BCUT2D eigenvalue weighted by Gasteiger charge is -2.33. The molecule has 2 fully saturated rings. The average molecular weight is 356 g/mol. The second kappa shape index (κ2) is 6.43. The number of carbonyl (C=O) groups excluding carboxylic acids is 1. The summed E-state index contributed by atoms with van der Waals surface area (Å²) in [5.74, 6) is -0.872. The zero-order chi connectivity index (χ0) is 18.3. The Morgan fingerprint density at radius 3 is 3.04 bits per heavy atom. The molecule has 138 valence electrons. The number of carbonyl (C=O) groups is 2. The van der Waals surface area contributed by atoms with Gasteiger partial charge in [-0.1, -0.05) is 18.2 Å². The maximum atomic E-state index is 12.7. The number of aromatic nitrogens is 1.